The number of aliphatic hydroxyl groups excluding tert-OH is 1. The molecule has 2 fully saturated rings. The summed E-state index contributed by atoms with van der Waals surface area (Å²) in [6.07, 6.45) is 1.21. The van der Waals surface area contributed by atoms with Crippen molar-refractivity contribution in [1.29, 1.82) is 0 Å². The Hall–Kier alpha value is -1.11. The number of hydrogen-bond acceptors (Lipinski definition) is 5. The minimum absolute atomic E-state index is 0.0843. The third-order valence-electron chi connectivity index (χ3n) is 4.80. The second-order valence-electron chi connectivity index (χ2n) is 6.48. The molecule has 0 aromatic heterocycles. The molecule has 0 aliphatic carbocycles. The van der Waals surface area contributed by atoms with Gasteiger partial charge < -0.3 is 10.4 Å². The summed E-state index contributed by atoms with van der Waals surface area (Å²) >= 11 is 0. The maximum atomic E-state index is 11.6. The summed E-state index contributed by atoms with van der Waals surface area (Å²) in [5, 5.41) is 13.6. The minimum Gasteiger partial charge on any atom is -0.390 e. The molecule has 1 aromatic rings. The fourth-order valence-corrected chi connectivity index (χ4v) is 5.32. The van der Waals surface area contributed by atoms with E-state index in [4.69, 9.17) is 0 Å². The van der Waals surface area contributed by atoms with Crippen molar-refractivity contribution in [2.45, 2.75) is 38.0 Å². The smallest absolute Gasteiger partial charge is 0.154 e. The number of benzene rings is 1. The Labute approximate surface area is 132 Å². The van der Waals surface area contributed by atoms with Crippen LogP contribution in [0.4, 0.5) is 5.69 Å². The lowest BCUT2D eigenvalue weighted by molar-refractivity contribution is 0.0683. The van der Waals surface area contributed by atoms with Crippen molar-refractivity contribution < 1.29 is 13.5 Å². The van der Waals surface area contributed by atoms with Crippen LogP contribution in [-0.2, 0) is 9.84 Å². The van der Waals surface area contributed by atoms with Crippen LogP contribution in [0.25, 0.3) is 0 Å². The van der Waals surface area contributed by atoms with Crippen LogP contribution in [0, 0.1) is 6.92 Å². The average Bonchev–Trinajstić information content (AvgIpc) is 2.75. The van der Waals surface area contributed by atoms with Crippen LogP contribution in [0.1, 0.15) is 18.4 Å². The van der Waals surface area contributed by atoms with E-state index in [1.165, 1.54) is 11.3 Å². The Balaban J connectivity index is 1.56. The van der Waals surface area contributed by atoms with Gasteiger partial charge in [0.2, 0.25) is 0 Å². The first-order chi connectivity index (χ1) is 10.4. The first kappa shape index (κ1) is 15.8. The summed E-state index contributed by atoms with van der Waals surface area (Å²) in [5.41, 5.74) is 2.41. The number of aryl methyl sites for hydroxylation is 1. The zero-order chi connectivity index (χ0) is 15.7. The molecule has 0 spiro atoms. The van der Waals surface area contributed by atoms with Crippen LogP contribution >= 0.6 is 0 Å². The van der Waals surface area contributed by atoms with Crippen molar-refractivity contribution in [3.63, 3.8) is 0 Å². The fraction of sp³-hybridized carbons (Fsp3) is 0.625. The topological polar surface area (TPSA) is 69.6 Å². The highest BCUT2D eigenvalue weighted by atomic mass is 32.2. The van der Waals surface area contributed by atoms with Crippen LogP contribution in [0.15, 0.2) is 24.3 Å². The molecule has 2 saturated heterocycles. The van der Waals surface area contributed by atoms with Gasteiger partial charge in [-0.15, -0.1) is 0 Å². The van der Waals surface area contributed by atoms with E-state index in [9.17, 15) is 13.5 Å². The second kappa shape index (κ2) is 6.18. The summed E-state index contributed by atoms with van der Waals surface area (Å²) in [6.45, 7) is 3.76. The molecule has 0 amide bonds. The number of hydrogen-bond donors (Lipinski definition) is 2. The fourth-order valence-electron chi connectivity index (χ4n) is 3.49. The molecule has 0 saturated carbocycles. The zero-order valence-corrected chi connectivity index (χ0v) is 13.7. The van der Waals surface area contributed by atoms with Crippen molar-refractivity contribution >= 4 is 15.5 Å². The predicted molar refractivity (Wildman–Crippen MR) is 87.8 cm³/mol. The summed E-state index contributed by atoms with van der Waals surface area (Å²) in [6, 6.07) is 8.44. The Morgan fingerprint density at radius 3 is 2.45 bits per heavy atom. The number of aliphatic hydroxyl groups is 1. The number of anilines is 1. The lowest BCUT2D eigenvalue weighted by Gasteiger charge is -2.37. The average molecular weight is 324 g/mol. The van der Waals surface area contributed by atoms with Crippen LogP contribution in [0.3, 0.4) is 0 Å². The van der Waals surface area contributed by atoms with E-state index in [1.54, 1.807) is 0 Å². The number of sulfone groups is 1. The monoisotopic (exact) mass is 324 g/mol. The van der Waals surface area contributed by atoms with Gasteiger partial charge in [-0.1, -0.05) is 18.2 Å². The second-order valence-corrected chi connectivity index (χ2v) is 8.63. The van der Waals surface area contributed by atoms with E-state index < -0.39 is 15.9 Å². The third-order valence-corrected chi connectivity index (χ3v) is 6.50. The quantitative estimate of drug-likeness (QED) is 0.869. The van der Waals surface area contributed by atoms with Crippen molar-refractivity contribution in [3.05, 3.63) is 29.8 Å². The van der Waals surface area contributed by atoms with Gasteiger partial charge in [0.25, 0.3) is 0 Å². The molecule has 2 atom stereocenters. The molecule has 1 aromatic carbocycles. The maximum Gasteiger partial charge on any atom is 0.154 e. The SMILES string of the molecule is Cc1ccccc1NC1CCN(C2CS(=O)(=O)CC2O)CC1. The van der Waals surface area contributed by atoms with Gasteiger partial charge in [0.15, 0.2) is 9.84 Å². The summed E-state index contributed by atoms with van der Waals surface area (Å²) in [7, 11) is -3.07. The number of likely N-dealkylation sites (tertiary alicyclic amines) is 1. The summed E-state index contributed by atoms with van der Waals surface area (Å²) < 4.78 is 23.3. The highest BCUT2D eigenvalue weighted by Crippen LogP contribution is 2.24. The standard InChI is InChI=1S/C16H24N2O3S/c1-12-4-2-3-5-14(12)17-13-6-8-18(9-7-13)15-10-22(20,21)11-16(15)19/h2-5,13,15-17,19H,6-11H2,1H3. The van der Waals surface area contributed by atoms with Gasteiger partial charge in [-0.05, 0) is 31.4 Å². The molecule has 22 heavy (non-hydrogen) atoms. The number of para-hydroxylation sites is 1. The molecule has 2 N–H and O–H groups in total. The molecule has 2 aliphatic rings. The van der Waals surface area contributed by atoms with E-state index in [1.807, 2.05) is 12.1 Å². The minimum atomic E-state index is -3.07. The number of nitrogens with zero attached hydrogens (tertiary/aromatic N) is 1. The molecule has 0 bridgehead atoms. The molecule has 0 radical (unpaired) electrons. The normalized spacial score (nSPS) is 29.5. The Morgan fingerprint density at radius 1 is 1.18 bits per heavy atom. The van der Waals surface area contributed by atoms with E-state index in [2.05, 4.69) is 29.3 Å². The Kier molecular flexibility index (Phi) is 4.43. The molecular weight excluding hydrogens is 300 g/mol. The van der Waals surface area contributed by atoms with E-state index in [-0.39, 0.29) is 17.5 Å². The van der Waals surface area contributed by atoms with Crippen LogP contribution < -0.4 is 5.32 Å². The first-order valence-electron chi connectivity index (χ1n) is 7.89. The van der Waals surface area contributed by atoms with Gasteiger partial charge >= 0.3 is 0 Å². The highest BCUT2D eigenvalue weighted by Gasteiger charge is 2.40. The van der Waals surface area contributed by atoms with Crippen molar-refractivity contribution in [2.75, 3.05) is 29.9 Å². The first-order valence-corrected chi connectivity index (χ1v) is 9.71. The Morgan fingerprint density at radius 2 is 1.86 bits per heavy atom. The number of piperidine rings is 1. The van der Waals surface area contributed by atoms with E-state index in [0.29, 0.717) is 6.04 Å². The van der Waals surface area contributed by atoms with Crippen LogP contribution in [0.2, 0.25) is 0 Å². The van der Waals surface area contributed by atoms with E-state index >= 15 is 0 Å². The molecule has 122 valence electrons. The zero-order valence-electron chi connectivity index (χ0n) is 12.9. The molecule has 2 heterocycles. The van der Waals surface area contributed by atoms with Crippen LogP contribution in [0.5, 0.6) is 0 Å². The van der Waals surface area contributed by atoms with Crippen molar-refractivity contribution in [2.24, 2.45) is 0 Å². The molecule has 2 unspecified atom stereocenters. The van der Waals surface area contributed by atoms with Crippen LogP contribution in [-0.4, -0.2) is 61.2 Å². The summed E-state index contributed by atoms with van der Waals surface area (Å²) in [4.78, 5) is 2.14. The largest absolute Gasteiger partial charge is 0.390 e. The number of nitrogens with one attached hydrogen (secondary N) is 1. The lowest BCUT2D eigenvalue weighted by atomic mass is 10.0. The maximum absolute atomic E-state index is 11.6. The van der Waals surface area contributed by atoms with Gasteiger partial charge in [0.1, 0.15) is 0 Å². The third kappa shape index (κ3) is 3.45. The van der Waals surface area contributed by atoms with Gasteiger partial charge in [0.05, 0.1) is 23.7 Å². The molecule has 2 aliphatic heterocycles. The van der Waals surface area contributed by atoms with E-state index in [0.717, 1.165) is 25.9 Å². The van der Waals surface area contributed by atoms with Gasteiger partial charge in [-0.25, -0.2) is 8.42 Å². The lowest BCUT2D eigenvalue weighted by Crippen LogP contribution is -2.49. The molecule has 5 nitrogen and oxygen atoms in total. The highest BCUT2D eigenvalue weighted by molar-refractivity contribution is 7.91. The van der Waals surface area contributed by atoms with Gasteiger partial charge in [-0.2, -0.15) is 0 Å². The summed E-state index contributed by atoms with van der Waals surface area (Å²) in [5.74, 6) is 0.0170. The van der Waals surface area contributed by atoms with Crippen molar-refractivity contribution in [3.8, 4) is 0 Å². The molecule has 6 heteroatoms. The van der Waals surface area contributed by atoms with Gasteiger partial charge in [0, 0.05) is 24.8 Å². The van der Waals surface area contributed by atoms with Crippen molar-refractivity contribution in [1.82, 2.24) is 4.90 Å². The molecular formula is C16H24N2O3S. The predicted octanol–water partition coefficient (Wildman–Crippen LogP) is 1.03. The Bertz CT molecular complexity index is 624. The number of rotatable bonds is 3. The van der Waals surface area contributed by atoms with Gasteiger partial charge in [-0.3, -0.25) is 4.90 Å². The molecule has 3 rings (SSSR count).